The first-order valence-electron chi connectivity index (χ1n) is 6.17. The summed E-state index contributed by atoms with van der Waals surface area (Å²) in [4.78, 5) is 8.82. The van der Waals surface area contributed by atoms with Crippen LogP contribution in [0.4, 0.5) is 0 Å². The van der Waals surface area contributed by atoms with E-state index in [1.54, 1.807) is 12.3 Å². The Morgan fingerprint density at radius 3 is 2.85 bits per heavy atom. The third kappa shape index (κ3) is 2.24. The fourth-order valence-electron chi connectivity index (χ4n) is 2.17. The van der Waals surface area contributed by atoms with Gasteiger partial charge in [0.25, 0.3) is 0 Å². The topological polar surface area (TPSA) is 54.5 Å². The van der Waals surface area contributed by atoms with Crippen molar-refractivity contribution in [1.82, 2.24) is 14.5 Å². The summed E-state index contributed by atoms with van der Waals surface area (Å²) >= 11 is 5.97. The number of pyridine rings is 1. The molecule has 0 N–H and O–H groups in total. The second-order valence-corrected chi connectivity index (χ2v) is 4.65. The second-order valence-electron chi connectivity index (χ2n) is 4.38. The van der Waals surface area contributed by atoms with Crippen molar-refractivity contribution in [3.8, 4) is 6.07 Å². The van der Waals surface area contributed by atoms with Crippen LogP contribution in [-0.2, 0) is 12.4 Å². The zero-order chi connectivity index (χ0) is 13.9. The zero-order valence-corrected chi connectivity index (χ0v) is 11.4. The Labute approximate surface area is 121 Å². The fraction of sp³-hybridized carbons (Fsp3) is 0.133. The van der Waals surface area contributed by atoms with Gasteiger partial charge in [0, 0.05) is 6.20 Å². The Balaban J connectivity index is 2.14. The number of alkyl halides is 1. The summed E-state index contributed by atoms with van der Waals surface area (Å²) in [6, 6.07) is 13.4. The number of imidazole rings is 1. The molecular weight excluding hydrogens is 272 g/mol. The van der Waals surface area contributed by atoms with Crippen molar-refractivity contribution in [3.63, 3.8) is 0 Å². The van der Waals surface area contributed by atoms with Gasteiger partial charge in [-0.25, -0.2) is 4.98 Å². The zero-order valence-electron chi connectivity index (χ0n) is 10.6. The quantitative estimate of drug-likeness (QED) is 0.694. The monoisotopic (exact) mass is 282 g/mol. The molecular formula is C15H11ClN4. The van der Waals surface area contributed by atoms with E-state index in [1.807, 2.05) is 34.9 Å². The Hall–Kier alpha value is -2.38. The Morgan fingerprint density at radius 1 is 1.25 bits per heavy atom. The third-order valence-corrected chi connectivity index (χ3v) is 3.36. The molecule has 0 aliphatic carbocycles. The fourth-order valence-corrected chi connectivity index (χ4v) is 2.38. The van der Waals surface area contributed by atoms with Gasteiger partial charge in [-0.05, 0) is 30.3 Å². The summed E-state index contributed by atoms with van der Waals surface area (Å²) in [5.41, 5.74) is 3.29. The van der Waals surface area contributed by atoms with Crippen molar-refractivity contribution in [2.24, 2.45) is 0 Å². The Bertz CT molecular complexity index is 787. The van der Waals surface area contributed by atoms with E-state index in [4.69, 9.17) is 16.9 Å². The Kier molecular flexibility index (Phi) is 3.36. The van der Waals surface area contributed by atoms with Gasteiger partial charge in [-0.2, -0.15) is 5.26 Å². The average molecular weight is 283 g/mol. The summed E-state index contributed by atoms with van der Waals surface area (Å²) in [5.74, 6) is 1.10. The highest BCUT2D eigenvalue weighted by Gasteiger charge is 2.11. The molecule has 1 aromatic carbocycles. The number of benzene rings is 1. The summed E-state index contributed by atoms with van der Waals surface area (Å²) in [5, 5.41) is 9.02. The Morgan fingerprint density at radius 2 is 2.15 bits per heavy atom. The van der Waals surface area contributed by atoms with Crippen molar-refractivity contribution >= 4 is 22.6 Å². The minimum atomic E-state index is 0.323. The van der Waals surface area contributed by atoms with Crippen LogP contribution in [0, 0.1) is 11.3 Å². The van der Waals surface area contributed by atoms with Crippen LogP contribution >= 0.6 is 11.6 Å². The lowest BCUT2D eigenvalue weighted by atomic mass is 10.2. The van der Waals surface area contributed by atoms with Gasteiger partial charge in [-0.3, -0.25) is 4.98 Å². The van der Waals surface area contributed by atoms with E-state index in [2.05, 4.69) is 16.0 Å². The summed E-state index contributed by atoms with van der Waals surface area (Å²) in [6.07, 6.45) is 1.76. The molecule has 0 fully saturated rings. The standard InChI is InChI=1S/C15H11ClN4/c16-8-15-19-13-5-4-11(9-17)7-14(13)20(15)10-12-3-1-2-6-18-12/h1-7H,8,10H2. The number of hydrogen-bond donors (Lipinski definition) is 0. The van der Waals surface area contributed by atoms with Gasteiger partial charge in [0.05, 0.1) is 40.8 Å². The minimum absolute atomic E-state index is 0.323. The number of nitrogens with zero attached hydrogens (tertiary/aromatic N) is 4. The number of hydrogen-bond acceptors (Lipinski definition) is 3. The van der Waals surface area contributed by atoms with Crippen LogP contribution in [-0.4, -0.2) is 14.5 Å². The molecule has 0 radical (unpaired) electrons. The van der Waals surface area contributed by atoms with E-state index in [0.717, 1.165) is 22.6 Å². The predicted octanol–water partition coefficient (Wildman–Crippen LogP) is 3.09. The molecule has 0 spiro atoms. The van der Waals surface area contributed by atoms with E-state index < -0.39 is 0 Å². The van der Waals surface area contributed by atoms with Crippen LogP contribution in [0.2, 0.25) is 0 Å². The van der Waals surface area contributed by atoms with Crippen LogP contribution in [0.25, 0.3) is 11.0 Å². The van der Waals surface area contributed by atoms with Crippen molar-refractivity contribution in [3.05, 3.63) is 59.7 Å². The normalized spacial score (nSPS) is 10.6. The number of halogens is 1. The van der Waals surface area contributed by atoms with Crippen LogP contribution < -0.4 is 0 Å². The number of fused-ring (bicyclic) bond motifs is 1. The largest absolute Gasteiger partial charge is 0.321 e. The molecule has 3 aromatic rings. The van der Waals surface area contributed by atoms with Gasteiger partial charge in [0.2, 0.25) is 0 Å². The molecule has 5 heteroatoms. The van der Waals surface area contributed by atoms with Gasteiger partial charge < -0.3 is 4.57 Å². The molecule has 0 aliphatic heterocycles. The first kappa shape index (κ1) is 12.6. The molecule has 0 atom stereocenters. The van der Waals surface area contributed by atoms with Crippen LogP contribution in [0.5, 0.6) is 0 Å². The maximum absolute atomic E-state index is 9.02. The molecule has 0 aliphatic rings. The SMILES string of the molecule is N#Cc1ccc2nc(CCl)n(Cc3ccccn3)c2c1. The summed E-state index contributed by atoms with van der Waals surface area (Å²) in [6.45, 7) is 0.592. The maximum atomic E-state index is 9.02. The van der Waals surface area contributed by atoms with Gasteiger partial charge in [-0.15, -0.1) is 11.6 Å². The van der Waals surface area contributed by atoms with Crippen molar-refractivity contribution in [2.45, 2.75) is 12.4 Å². The predicted molar refractivity (Wildman–Crippen MR) is 77.3 cm³/mol. The lowest BCUT2D eigenvalue weighted by molar-refractivity contribution is 0.758. The molecule has 0 saturated carbocycles. The first-order valence-corrected chi connectivity index (χ1v) is 6.70. The van der Waals surface area contributed by atoms with Gasteiger partial charge >= 0.3 is 0 Å². The third-order valence-electron chi connectivity index (χ3n) is 3.12. The molecule has 0 amide bonds. The smallest absolute Gasteiger partial charge is 0.125 e. The van der Waals surface area contributed by atoms with E-state index >= 15 is 0 Å². The van der Waals surface area contributed by atoms with Crippen molar-refractivity contribution in [2.75, 3.05) is 0 Å². The van der Waals surface area contributed by atoms with Crippen LogP contribution in [0.3, 0.4) is 0 Å². The maximum Gasteiger partial charge on any atom is 0.125 e. The molecule has 0 bridgehead atoms. The molecule has 3 rings (SSSR count). The van der Waals surface area contributed by atoms with Crippen molar-refractivity contribution in [1.29, 1.82) is 5.26 Å². The molecule has 4 nitrogen and oxygen atoms in total. The average Bonchev–Trinajstić information content (AvgIpc) is 2.85. The molecule has 0 saturated heterocycles. The summed E-state index contributed by atoms with van der Waals surface area (Å²) < 4.78 is 2.01. The first-order chi connectivity index (χ1) is 9.81. The molecule has 2 heterocycles. The minimum Gasteiger partial charge on any atom is -0.321 e. The lowest BCUT2D eigenvalue weighted by Crippen LogP contribution is -2.05. The van der Waals surface area contributed by atoms with E-state index in [-0.39, 0.29) is 0 Å². The van der Waals surface area contributed by atoms with Gasteiger partial charge in [0.15, 0.2) is 0 Å². The molecule has 20 heavy (non-hydrogen) atoms. The van der Waals surface area contributed by atoms with Crippen LogP contribution in [0.1, 0.15) is 17.1 Å². The number of aromatic nitrogens is 3. The van der Waals surface area contributed by atoms with E-state index in [1.165, 1.54) is 0 Å². The number of rotatable bonds is 3. The highest BCUT2D eigenvalue weighted by atomic mass is 35.5. The highest BCUT2D eigenvalue weighted by molar-refractivity contribution is 6.16. The van der Waals surface area contributed by atoms with Gasteiger partial charge in [0.1, 0.15) is 5.82 Å². The van der Waals surface area contributed by atoms with E-state index in [0.29, 0.717) is 18.0 Å². The molecule has 2 aromatic heterocycles. The van der Waals surface area contributed by atoms with Crippen LogP contribution in [0.15, 0.2) is 42.6 Å². The van der Waals surface area contributed by atoms with E-state index in [9.17, 15) is 0 Å². The van der Waals surface area contributed by atoms with Crippen molar-refractivity contribution < 1.29 is 0 Å². The second kappa shape index (κ2) is 5.32. The highest BCUT2D eigenvalue weighted by Crippen LogP contribution is 2.20. The van der Waals surface area contributed by atoms with Gasteiger partial charge in [-0.1, -0.05) is 6.07 Å². The lowest BCUT2D eigenvalue weighted by Gasteiger charge is -2.07. The molecule has 0 unspecified atom stereocenters. The summed E-state index contributed by atoms with van der Waals surface area (Å²) in [7, 11) is 0. The number of nitriles is 1. The molecule has 98 valence electrons.